The SMILES string of the molecule is CC(=O)Nc1ccc(C2=C(Cl)C(=O)N(c3ccc(N4CCCC4)cc3)C2=O)cc1. The molecule has 6 nitrogen and oxygen atoms in total. The second kappa shape index (κ2) is 7.72. The number of hydrogen-bond acceptors (Lipinski definition) is 4. The summed E-state index contributed by atoms with van der Waals surface area (Å²) in [6.45, 7) is 3.46. The van der Waals surface area contributed by atoms with Crippen LogP contribution in [0.3, 0.4) is 0 Å². The molecule has 0 aromatic heterocycles. The van der Waals surface area contributed by atoms with E-state index in [0.717, 1.165) is 23.7 Å². The molecule has 1 saturated heterocycles. The first kappa shape index (κ1) is 19.2. The molecule has 0 unspecified atom stereocenters. The van der Waals surface area contributed by atoms with Crippen LogP contribution >= 0.6 is 11.6 Å². The van der Waals surface area contributed by atoms with Crippen molar-refractivity contribution < 1.29 is 14.4 Å². The molecule has 0 atom stereocenters. The Morgan fingerprint density at radius 1 is 0.897 bits per heavy atom. The molecule has 4 rings (SSSR count). The number of carbonyl (C=O) groups is 3. The summed E-state index contributed by atoms with van der Waals surface area (Å²) in [5.41, 5.74) is 2.86. The fourth-order valence-electron chi connectivity index (χ4n) is 3.70. The van der Waals surface area contributed by atoms with Crippen LogP contribution in [-0.2, 0) is 14.4 Å². The summed E-state index contributed by atoms with van der Waals surface area (Å²) in [6, 6.07) is 14.1. The summed E-state index contributed by atoms with van der Waals surface area (Å²) in [5.74, 6) is -1.18. The smallest absolute Gasteiger partial charge is 0.277 e. The van der Waals surface area contributed by atoms with Crippen molar-refractivity contribution in [1.29, 1.82) is 0 Å². The molecule has 1 N–H and O–H groups in total. The highest BCUT2D eigenvalue weighted by Crippen LogP contribution is 2.36. The minimum atomic E-state index is -0.536. The molecule has 29 heavy (non-hydrogen) atoms. The molecule has 0 radical (unpaired) electrons. The largest absolute Gasteiger partial charge is 0.372 e. The molecular formula is C22H20ClN3O3. The Balaban J connectivity index is 1.58. The maximum atomic E-state index is 13.0. The zero-order valence-electron chi connectivity index (χ0n) is 15.9. The third-order valence-electron chi connectivity index (χ3n) is 5.10. The van der Waals surface area contributed by atoms with Gasteiger partial charge in [-0.1, -0.05) is 23.7 Å². The number of carbonyl (C=O) groups excluding carboxylic acids is 3. The van der Waals surface area contributed by atoms with Gasteiger partial charge in [-0.05, 0) is 54.8 Å². The van der Waals surface area contributed by atoms with Crippen molar-refractivity contribution in [3.8, 4) is 0 Å². The quantitative estimate of drug-likeness (QED) is 0.780. The van der Waals surface area contributed by atoms with Gasteiger partial charge in [0.05, 0.1) is 11.3 Å². The van der Waals surface area contributed by atoms with E-state index in [1.54, 1.807) is 36.4 Å². The van der Waals surface area contributed by atoms with E-state index >= 15 is 0 Å². The Labute approximate surface area is 173 Å². The van der Waals surface area contributed by atoms with E-state index in [0.29, 0.717) is 16.9 Å². The number of amides is 3. The average Bonchev–Trinajstić information content (AvgIpc) is 3.31. The second-order valence-corrected chi connectivity index (χ2v) is 7.48. The number of nitrogens with zero attached hydrogens (tertiary/aromatic N) is 2. The Morgan fingerprint density at radius 3 is 2.07 bits per heavy atom. The molecule has 2 aliphatic heterocycles. The number of imide groups is 1. The molecule has 1 fully saturated rings. The summed E-state index contributed by atoms with van der Waals surface area (Å²) in [4.78, 5) is 40.3. The van der Waals surface area contributed by atoms with Crippen LogP contribution in [-0.4, -0.2) is 30.8 Å². The first-order valence-electron chi connectivity index (χ1n) is 9.47. The van der Waals surface area contributed by atoms with Gasteiger partial charge in [-0.3, -0.25) is 14.4 Å². The molecule has 3 amide bonds. The number of anilines is 3. The van der Waals surface area contributed by atoms with Crippen molar-refractivity contribution >= 4 is 52.0 Å². The molecule has 0 saturated carbocycles. The van der Waals surface area contributed by atoms with E-state index in [-0.39, 0.29) is 16.5 Å². The number of halogens is 1. The topological polar surface area (TPSA) is 69.7 Å². The number of benzene rings is 2. The average molecular weight is 410 g/mol. The van der Waals surface area contributed by atoms with Crippen LogP contribution in [0.1, 0.15) is 25.3 Å². The van der Waals surface area contributed by atoms with Gasteiger partial charge in [0, 0.05) is 31.4 Å². The van der Waals surface area contributed by atoms with Crippen molar-refractivity contribution in [1.82, 2.24) is 0 Å². The van der Waals surface area contributed by atoms with Crippen molar-refractivity contribution in [2.24, 2.45) is 0 Å². The highest BCUT2D eigenvalue weighted by atomic mass is 35.5. The lowest BCUT2D eigenvalue weighted by Crippen LogP contribution is -2.31. The molecule has 148 valence electrons. The summed E-state index contributed by atoms with van der Waals surface area (Å²) >= 11 is 6.25. The molecule has 2 aromatic rings. The summed E-state index contributed by atoms with van der Waals surface area (Å²) in [5, 5.41) is 2.56. The molecule has 2 aromatic carbocycles. The predicted octanol–water partition coefficient (Wildman–Crippen LogP) is 3.77. The zero-order valence-corrected chi connectivity index (χ0v) is 16.7. The van der Waals surface area contributed by atoms with Crippen molar-refractivity contribution in [2.75, 3.05) is 28.2 Å². The van der Waals surface area contributed by atoms with Crippen LogP contribution in [0.5, 0.6) is 0 Å². The first-order chi connectivity index (χ1) is 14.0. The van der Waals surface area contributed by atoms with Crippen LogP contribution in [0.2, 0.25) is 0 Å². The molecule has 7 heteroatoms. The van der Waals surface area contributed by atoms with Crippen molar-refractivity contribution in [3.63, 3.8) is 0 Å². The molecule has 0 aliphatic carbocycles. The highest BCUT2D eigenvalue weighted by Gasteiger charge is 2.39. The van der Waals surface area contributed by atoms with Crippen LogP contribution in [0, 0.1) is 0 Å². The van der Waals surface area contributed by atoms with E-state index in [1.807, 2.05) is 12.1 Å². The van der Waals surface area contributed by atoms with Gasteiger partial charge in [-0.25, -0.2) is 4.90 Å². The highest BCUT2D eigenvalue weighted by molar-refractivity contribution is 6.60. The Kier molecular flexibility index (Phi) is 5.11. The van der Waals surface area contributed by atoms with Crippen LogP contribution in [0.25, 0.3) is 5.57 Å². The minimum absolute atomic E-state index is 0.106. The lowest BCUT2D eigenvalue weighted by Gasteiger charge is -2.20. The van der Waals surface area contributed by atoms with E-state index in [2.05, 4.69) is 10.2 Å². The van der Waals surface area contributed by atoms with Gasteiger partial charge in [-0.2, -0.15) is 0 Å². The normalized spacial score (nSPS) is 16.8. The van der Waals surface area contributed by atoms with Gasteiger partial charge in [0.2, 0.25) is 5.91 Å². The first-order valence-corrected chi connectivity index (χ1v) is 9.85. The monoisotopic (exact) mass is 409 g/mol. The maximum absolute atomic E-state index is 13.0. The van der Waals surface area contributed by atoms with Crippen LogP contribution < -0.4 is 15.1 Å². The van der Waals surface area contributed by atoms with Gasteiger partial charge in [0.1, 0.15) is 5.03 Å². The summed E-state index contributed by atoms with van der Waals surface area (Å²) < 4.78 is 0. The van der Waals surface area contributed by atoms with E-state index in [9.17, 15) is 14.4 Å². The maximum Gasteiger partial charge on any atom is 0.277 e. The van der Waals surface area contributed by atoms with Gasteiger partial charge < -0.3 is 10.2 Å². The van der Waals surface area contributed by atoms with Gasteiger partial charge in [0.15, 0.2) is 0 Å². The Morgan fingerprint density at radius 2 is 1.48 bits per heavy atom. The third kappa shape index (κ3) is 3.63. The van der Waals surface area contributed by atoms with E-state index < -0.39 is 11.8 Å². The third-order valence-corrected chi connectivity index (χ3v) is 5.45. The summed E-state index contributed by atoms with van der Waals surface area (Å²) in [6.07, 6.45) is 2.35. The number of rotatable bonds is 4. The minimum Gasteiger partial charge on any atom is -0.372 e. The van der Waals surface area contributed by atoms with Crippen molar-refractivity contribution in [2.45, 2.75) is 19.8 Å². The van der Waals surface area contributed by atoms with Gasteiger partial charge in [0.25, 0.3) is 11.8 Å². The fourth-order valence-corrected chi connectivity index (χ4v) is 3.97. The number of hydrogen-bond donors (Lipinski definition) is 1. The Hall–Kier alpha value is -3.12. The predicted molar refractivity (Wildman–Crippen MR) is 114 cm³/mol. The second-order valence-electron chi connectivity index (χ2n) is 7.10. The van der Waals surface area contributed by atoms with E-state index in [4.69, 9.17) is 11.6 Å². The van der Waals surface area contributed by atoms with Crippen molar-refractivity contribution in [3.05, 3.63) is 59.1 Å². The van der Waals surface area contributed by atoms with Gasteiger partial charge in [-0.15, -0.1) is 0 Å². The molecule has 2 aliphatic rings. The standard InChI is InChI=1S/C22H20ClN3O3/c1-14(27)24-16-6-4-15(5-7-16)19-20(23)22(29)26(21(19)28)18-10-8-17(9-11-18)25-12-2-3-13-25/h4-11H,2-3,12-13H2,1H3,(H,24,27). The number of nitrogens with one attached hydrogen (secondary N) is 1. The molecule has 2 heterocycles. The lowest BCUT2D eigenvalue weighted by atomic mass is 10.1. The molecular weight excluding hydrogens is 390 g/mol. The lowest BCUT2D eigenvalue weighted by molar-refractivity contribution is -0.120. The molecule has 0 spiro atoms. The van der Waals surface area contributed by atoms with Crippen LogP contribution in [0.15, 0.2) is 53.6 Å². The van der Waals surface area contributed by atoms with Gasteiger partial charge >= 0.3 is 0 Å². The zero-order chi connectivity index (χ0) is 20.5. The van der Waals surface area contributed by atoms with E-state index in [1.165, 1.54) is 19.8 Å². The molecule has 0 bridgehead atoms. The van der Waals surface area contributed by atoms with Crippen LogP contribution in [0.4, 0.5) is 17.1 Å². The summed E-state index contributed by atoms with van der Waals surface area (Å²) in [7, 11) is 0. The Bertz CT molecular complexity index is 1010. The fraction of sp³-hybridized carbons (Fsp3) is 0.227.